The van der Waals surface area contributed by atoms with E-state index in [4.69, 9.17) is 0 Å². The Kier molecular flexibility index (Phi) is 2.26. The fourth-order valence-electron chi connectivity index (χ4n) is 2.15. The second kappa shape index (κ2) is 3.67. The number of aromatic amines is 2. The van der Waals surface area contributed by atoms with E-state index < -0.39 is 0 Å². The molecule has 3 aromatic rings. The summed E-state index contributed by atoms with van der Waals surface area (Å²) in [5.41, 5.74) is 3.85. The van der Waals surface area contributed by atoms with Crippen molar-refractivity contribution in [2.75, 3.05) is 0 Å². The van der Waals surface area contributed by atoms with Crippen LogP contribution >= 0.6 is 15.9 Å². The van der Waals surface area contributed by atoms with Crippen LogP contribution in [-0.4, -0.2) is 15.1 Å². The number of aryl methyl sites for hydroxylation is 1. The van der Waals surface area contributed by atoms with Crippen molar-refractivity contribution < 1.29 is 5.11 Å². The Morgan fingerprint density at radius 2 is 2.06 bits per heavy atom. The molecule has 0 aliphatic carbocycles. The van der Waals surface area contributed by atoms with Gasteiger partial charge in [-0.05, 0) is 25.1 Å². The smallest absolute Gasteiger partial charge is 0.197 e. The number of halogens is 1. The molecule has 0 unspecified atom stereocenters. The van der Waals surface area contributed by atoms with E-state index in [9.17, 15) is 5.11 Å². The van der Waals surface area contributed by atoms with E-state index in [0.717, 1.165) is 32.2 Å². The maximum absolute atomic E-state index is 10.0. The molecule has 0 bridgehead atoms. The number of hydrogen-bond donors (Lipinski definition) is 3. The molecule has 3 nitrogen and oxygen atoms in total. The third-order valence-electron chi connectivity index (χ3n) is 2.96. The van der Waals surface area contributed by atoms with Crippen LogP contribution in [0.3, 0.4) is 0 Å². The zero-order valence-corrected chi connectivity index (χ0v) is 10.8. The van der Waals surface area contributed by atoms with Crippen molar-refractivity contribution in [2.45, 2.75) is 6.92 Å². The Morgan fingerprint density at radius 1 is 1.24 bits per heavy atom. The zero-order chi connectivity index (χ0) is 12.0. The SMILES string of the molecule is Cc1[nH]ccc1-c1c(O)[nH]c2cc(Br)ccc12. The van der Waals surface area contributed by atoms with Crippen LogP contribution in [0.15, 0.2) is 34.9 Å². The molecule has 4 heteroatoms. The minimum atomic E-state index is 0.209. The quantitative estimate of drug-likeness (QED) is 0.625. The van der Waals surface area contributed by atoms with E-state index in [1.54, 1.807) is 0 Å². The van der Waals surface area contributed by atoms with Gasteiger partial charge >= 0.3 is 0 Å². The van der Waals surface area contributed by atoms with Gasteiger partial charge in [0.2, 0.25) is 0 Å². The molecule has 2 heterocycles. The van der Waals surface area contributed by atoms with Crippen LogP contribution in [0, 0.1) is 6.92 Å². The predicted molar refractivity (Wildman–Crippen MR) is 72.2 cm³/mol. The maximum Gasteiger partial charge on any atom is 0.197 e. The van der Waals surface area contributed by atoms with E-state index in [-0.39, 0.29) is 5.88 Å². The van der Waals surface area contributed by atoms with Gasteiger partial charge in [-0.3, -0.25) is 0 Å². The second-order valence-corrected chi connectivity index (χ2v) is 4.97. The summed E-state index contributed by atoms with van der Waals surface area (Å²) in [4.78, 5) is 6.12. The summed E-state index contributed by atoms with van der Waals surface area (Å²) in [5, 5.41) is 11.1. The lowest BCUT2D eigenvalue weighted by Crippen LogP contribution is -1.77. The first-order valence-electron chi connectivity index (χ1n) is 5.31. The largest absolute Gasteiger partial charge is 0.494 e. The lowest BCUT2D eigenvalue weighted by atomic mass is 10.1. The highest BCUT2D eigenvalue weighted by Crippen LogP contribution is 2.38. The van der Waals surface area contributed by atoms with Gasteiger partial charge in [0.05, 0.1) is 11.1 Å². The van der Waals surface area contributed by atoms with Crippen molar-refractivity contribution >= 4 is 26.8 Å². The number of H-pyrrole nitrogens is 2. The molecule has 17 heavy (non-hydrogen) atoms. The van der Waals surface area contributed by atoms with Crippen molar-refractivity contribution in [3.8, 4) is 17.0 Å². The van der Waals surface area contributed by atoms with Crippen LogP contribution < -0.4 is 0 Å². The Morgan fingerprint density at radius 3 is 2.76 bits per heavy atom. The van der Waals surface area contributed by atoms with Crippen LogP contribution in [0.25, 0.3) is 22.0 Å². The normalized spacial score (nSPS) is 11.2. The number of rotatable bonds is 1. The van der Waals surface area contributed by atoms with E-state index >= 15 is 0 Å². The highest BCUT2D eigenvalue weighted by molar-refractivity contribution is 9.10. The molecule has 3 N–H and O–H groups in total. The fourth-order valence-corrected chi connectivity index (χ4v) is 2.51. The molecule has 3 rings (SSSR count). The summed E-state index contributed by atoms with van der Waals surface area (Å²) in [7, 11) is 0. The lowest BCUT2D eigenvalue weighted by molar-refractivity contribution is 0.460. The summed E-state index contributed by atoms with van der Waals surface area (Å²) in [6.07, 6.45) is 1.88. The van der Waals surface area contributed by atoms with Crippen LogP contribution in [0.5, 0.6) is 5.88 Å². The van der Waals surface area contributed by atoms with Gasteiger partial charge in [0.1, 0.15) is 0 Å². The second-order valence-electron chi connectivity index (χ2n) is 4.05. The van der Waals surface area contributed by atoms with E-state index in [1.807, 2.05) is 37.4 Å². The summed E-state index contributed by atoms with van der Waals surface area (Å²) in [6, 6.07) is 7.90. The van der Waals surface area contributed by atoms with Gasteiger partial charge in [0.15, 0.2) is 5.88 Å². The van der Waals surface area contributed by atoms with Crippen molar-refractivity contribution in [3.63, 3.8) is 0 Å². The van der Waals surface area contributed by atoms with Crippen LogP contribution in [-0.2, 0) is 0 Å². The number of hydrogen-bond acceptors (Lipinski definition) is 1. The first-order chi connectivity index (χ1) is 8.16. The Labute approximate surface area is 107 Å². The monoisotopic (exact) mass is 290 g/mol. The Hall–Kier alpha value is -1.68. The molecular weight excluding hydrogens is 280 g/mol. The molecule has 0 spiro atoms. The fraction of sp³-hybridized carbons (Fsp3) is 0.0769. The van der Waals surface area contributed by atoms with Gasteiger partial charge in [-0.1, -0.05) is 22.0 Å². The number of aromatic nitrogens is 2. The highest BCUT2D eigenvalue weighted by Gasteiger charge is 2.15. The summed E-state index contributed by atoms with van der Waals surface area (Å²) >= 11 is 3.42. The van der Waals surface area contributed by atoms with Crippen molar-refractivity contribution in [2.24, 2.45) is 0 Å². The number of aromatic hydroxyl groups is 1. The minimum Gasteiger partial charge on any atom is -0.494 e. The van der Waals surface area contributed by atoms with Gasteiger partial charge in [0.25, 0.3) is 0 Å². The van der Waals surface area contributed by atoms with Gasteiger partial charge in [-0.25, -0.2) is 0 Å². The van der Waals surface area contributed by atoms with Crippen LogP contribution in [0.2, 0.25) is 0 Å². The standard InChI is InChI=1S/C13H11BrN2O/c1-7-9(4-5-15-7)12-10-3-2-8(14)6-11(10)16-13(12)17/h2-6,15-17H,1H3. The molecule has 0 saturated heterocycles. The molecular formula is C13H11BrN2O. The molecule has 1 aromatic carbocycles. The zero-order valence-electron chi connectivity index (χ0n) is 9.21. The molecule has 2 aromatic heterocycles. The first-order valence-corrected chi connectivity index (χ1v) is 6.10. The average Bonchev–Trinajstić information content (AvgIpc) is 2.80. The topological polar surface area (TPSA) is 51.8 Å². The summed E-state index contributed by atoms with van der Waals surface area (Å²) in [5.74, 6) is 0.209. The van der Waals surface area contributed by atoms with E-state index in [1.165, 1.54) is 0 Å². The summed E-state index contributed by atoms with van der Waals surface area (Å²) in [6.45, 7) is 1.99. The Bertz CT molecular complexity index is 697. The van der Waals surface area contributed by atoms with Crippen LogP contribution in [0.4, 0.5) is 0 Å². The maximum atomic E-state index is 10.0. The molecule has 0 radical (unpaired) electrons. The molecule has 0 amide bonds. The highest BCUT2D eigenvalue weighted by atomic mass is 79.9. The molecule has 0 aliphatic rings. The van der Waals surface area contributed by atoms with Crippen molar-refractivity contribution in [3.05, 3.63) is 40.6 Å². The predicted octanol–water partition coefficient (Wildman–Crippen LogP) is 3.94. The average molecular weight is 291 g/mol. The summed E-state index contributed by atoms with van der Waals surface area (Å²) < 4.78 is 0.989. The minimum absolute atomic E-state index is 0.209. The molecule has 0 fully saturated rings. The Balaban J connectivity index is 2.37. The third kappa shape index (κ3) is 1.56. The lowest BCUT2D eigenvalue weighted by Gasteiger charge is -1.99. The number of benzene rings is 1. The molecule has 0 atom stereocenters. The van der Waals surface area contributed by atoms with Crippen LogP contribution in [0.1, 0.15) is 5.69 Å². The third-order valence-corrected chi connectivity index (χ3v) is 3.46. The number of fused-ring (bicyclic) bond motifs is 1. The van der Waals surface area contributed by atoms with Gasteiger partial charge in [-0.2, -0.15) is 0 Å². The number of nitrogens with one attached hydrogen (secondary N) is 2. The van der Waals surface area contributed by atoms with E-state index in [0.29, 0.717) is 0 Å². The molecule has 0 aliphatic heterocycles. The van der Waals surface area contributed by atoms with E-state index in [2.05, 4.69) is 25.9 Å². The van der Waals surface area contributed by atoms with Crippen molar-refractivity contribution in [1.29, 1.82) is 0 Å². The van der Waals surface area contributed by atoms with Gasteiger partial charge in [-0.15, -0.1) is 0 Å². The molecule has 0 saturated carbocycles. The van der Waals surface area contributed by atoms with Gasteiger partial charge in [0, 0.05) is 27.3 Å². The molecule has 86 valence electrons. The first kappa shape index (κ1) is 10.5. The van der Waals surface area contributed by atoms with Crippen molar-refractivity contribution in [1.82, 2.24) is 9.97 Å². The van der Waals surface area contributed by atoms with Gasteiger partial charge < -0.3 is 15.1 Å².